The molecule has 10 nitrogen and oxygen atoms in total. The van der Waals surface area contributed by atoms with Gasteiger partial charge in [0.1, 0.15) is 0 Å². The molecule has 0 aliphatic heterocycles. The number of aliphatic carboxylic acids is 5. The summed E-state index contributed by atoms with van der Waals surface area (Å²) < 4.78 is 0. The molecule has 0 saturated heterocycles. The van der Waals surface area contributed by atoms with Gasteiger partial charge in [-0.25, -0.2) is 4.79 Å². The van der Waals surface area contributed by atoms with Crippen LogP contribution in [0.5, 0.6) is 0 Å². The van der Waals surface area contributed by atoms with Crippen molar-refractivity contribution >= 4 is 29.8 Å². The van der Waals surface area contributed by atoms with Gasteiger partial charge in [0.05, 0.1) is 17.4 Å². The highest BCUT2D eigenvalue weighted by Crippen LogP contribution is 2.40. The number of carboxylic acid groups (broad SMARTS) is 5. The molecule has 0 aliphatic carbocycles. The number of unbranched alkanes of at least 4 members (excludes halogenated alkanes) is 2. The number of hydrogen-bond donors (Lipinski definition) is 5. The third-order valence-electron chi connectivity index (χ3n) is 5.99. The van der Waals surface area contributed by atoms with Gasteiger partial charge in [-0.15, -0.1) is 0 Å². The fourth-order valence-corrected chi connectivity index (χ4v) is 4.06. The second-order valence-electron chi connectivity index (χ2n) is 8.14. The summed E-state index contributed by atoms with van der Waals surface area (Å²) in [5, 5.41) is 47.1. The number of aryl methyl sites for hydroxylation is 1. The highest BCUT2D eigenvalue weighted by Gasteiger charge is 2.60. The second kappa shape index (κ2) is 13.1. The minimum atomic E-state index is -3.22. The Labute approximate surface area is 196 Å². The van der Waals surface area contributed by atoms with E-state index < -0.39 is 59.1 Å². The van der Waals surface area contributed by atoms with Crippen molar-refractivity contribution < 1.29 is 49.5 Å². The first-order chi connectivity index (χ1) is 16.0. The Kier molecular flexibility index (Phi) is 10.9. The SMILES string of the molecule is C=C(C(=O)O)C(C(=O)O)(C(=O)O)C(CCCCCC(CCCc1ccccc1)C(=O)O)C(=O)O. The van der Waals surface area contributed by atoms with Crippen LogP contribution >= 0.6 is 0 Å². The molecule has 1 aromatic rings. The maximum atomic E-state index is 11.8. The Morgan fingerprint density at radius 1 is 0.735 bits per heavy atom. The Hall–Kier alpha value is -3.69. The Bertz CT molecular complexity index is 892. The lowest BCUT2D eigenvalue weighted by atomic mass is 9.68. The molecule has 2 unspecified atom stereocenters. The average molecular weight is 478 g/mol. The van der Waals surface area contributed by atoms with Crippen LogP contribution in [0.4, 0.5) is 0 Å². The topological polar surface area (TPSA) is 186 Å². The fourth-order valence-electron chi connectivity index (χ4n) is 4.06. The molecule has 0 saturated carbocycles. The van der Waals surface area contributed by atoms with Crippen LogP contribution in [0.15, 0.2) is 42.5 Å². The summed E-state index contributed by atoms with van der Waals surface area (Å²) in [5.74, 6) is -11.5. The predicted octanol–water partition coefficient (Wildman–Crippen LogP) is 3.16. The van der Waals surface area contributed by atoms with Crippen molar-refractivity contribution in [2.75, 3.05) is 0 Å². The molecule has 1 aromatic carbocycles. The van der Waals surface area contributed by atoms with E-state index in [0.29, 0.717) is 32.1 Å². The average Bonchev–Trinajstić information content (AvgIpc) is 2.76. The van der Waals surface area contributed by atoms with E-state index in [2.05, 4.69) is 6.58 Å². The Morgan fingerprint density at radius 2 is 1.26 bits per heavy atom. The first-order valence-electron chi connectivity index (χ1n) is 10.8. The lowest BCUT2D eigenvalue weighted by Gasteiger charge is -2.31. The number of carboxylic acids is 5. The summed E-state index contributed by atoms with van der Waals surface area (Å²) in [6.07, 6.45) is 2.58. The zero-order chi connectivity index (χ0) is 25.9. The van der Waals surface area contributed by atoms with Gasteiger partial charge in [-0.3, -0.25) is 19.2 Å². The van der Waals surface area contributed by atoms with E-state index in [1.165, 1.54) is 0 Å². The van der Waals surface area contributed by atoms with E-state index in [9.17, 15) is 44.4 Å². The number of hydrogen-bond acceptors (Lipinski definition) is 5. The van der Waals surface area contributed by atoms with Crippen molar-refractivity contribution in [3.05, 3.63) is 48.0 Å². The quantitative estimate of drug-likeness (QED) is 0.126. The number of rotatable bonds is 17. The molecule has 34 heavy (non-hydrogen) atoms. The molecular weight excluding hydrogens is 448 g/mol. The van der Waals surface area contributed by atoms with Crippen LogP contribution < -0.4 is 0 Å². The van der Waals surface area contributed by atoms with Crippen LogP contribution in [0.25, 0.3) is 0 Å². The van der Waals surface area contributed by atoms with E-state index in [1.54, 1.807) is 0 Å². The molecule has 1 rings (SSSR count). The predicted molar refractivity (Wildman–Crippen MR) is 119 cm³/mol. The van der Waals surface area contributed by atoms with E-state index >= 15 is 0 Å². The number of benzene rings is 1. The first kappa shape index (κ1) is 28.3. The van der Waals surface area contributed by atoms with Crippen molar-refractivity contribution in [3.63, 3.8) is 0 Å². The summed E-state index contributed by atoms with van der Waals surface area (Å²) in [6.45, 7) is 3.02. The second-order valence-corrected chi connectivity index (χ2v) is 8.14. The van der Waals surface area contributed by atoms with Gasteiger partial charge in [0.15, 0.2) is 0 Å². The van der Waals surface area contributed by atoms with Crippen molar-refractivity contribution in [2.24, 2.45) is 17.3 Å². The summed E-state index contributed by atoms with van der Waals surface area (Å²) in [6, 6.07) is 9.63. The maximum Gasteiger partial charge on any atom is 0.332 e. The highest BCUT2D eigenvalue weighted by atomic mass is 16.4. The lowest BCUT2D eigenvalue weighted by molar-refractivity contribution is -0.174. The fraction of sp³-hybridized carbons (Fsp3) is 0.458. The Morgan fingerprint density at radius 3 is 1.74 bits per heavy atom. The summed E-state index contributed by atoms with van der Waals surface area (Å²) in [7, 11) is 0. The zero-order valence-electron chi connectivity index (χ0n) is 18.7. The number of carbonyl (C=O) groups is 5. The van der Waals surface area contributed by atoms with E-state index in [4.69, 9.17) is 5.11 Å². The molecule has 0 aromatic heterocycles. The van der Waals surface area contributed by atoms with Gasteiger partial charge in [0, 0.05) is 0 Å². The molecule has 0 spiro atoms. The summed E-state index contributed by atoms with van der Waals surface area (Å²) in [4.78, 5) is 58.1. The molecule has 0 radical (unpaired) electrons. The molecule has 0 fully saturated rings. The molecule has 0 aliphatic rings. The molecule has 0 amide bonds. The molecule has 0 heterocycles. The van der Waals surface area contributed by atoms with Crippen molar-refractivity contribution in [1.82, 2.24) is 0 Å². The first-order valence-corrected chi connectivity index (χ1v) is 10.8. The molecular formula is C24H30O10. The van der Waals surface area contributed by atoms with Gasteiger partial charge in [-0.1, -0.05) is 56.2 Å². The van der Waals surface area contributed by atoms with Crippen LogP contribution in [0, 0.1) is 17.3 Å². The van der Waals surface area contributed by atoms with E-state index in [1.807, 2.05) is 30.3 Å². The van der Waals surface area contributed by atoms with Crippen molar-refractivity contribution in [1.29, 1.82) is 0 Å². The summed E-state index contributed by atoms with van der Waals surface area (Å²) >= 11 is 0. The van der Waals surface area contributed by atoms with Crippen LogP contribution in [0.3, 0.4) is 0 Å². The van der Waals surface area contributed by atoms with Gasteiger partial charge in [0.25, 0.3) is 0 Å². The summed E-state index contributed by atoms with van der Waals surface area (Å²) in [5.41, 5.74) is -3.36. The molecule has 0 bridgehead atoms. The zero-order valence-corrected chi connectivity index (χ0v) is 18.7. The smallest absolute Gasteiger partial charge is 0.332 e. The largest absolute Gasteiger partial charge is 0.481 e. The van der Waals surface area contributed by atoms with E-state index in [0.717, 1.165) is 12.0 Å². The van der Waals surface area contributed by atoms with E-state index in [-0.39, 0.29) is 6.42 Å². The van der Waals surface area contributed by atoms with Crippen molar-refractivity contribution in [2.45, 2.75) is 51.4 Å². The normalized spacial score (nSPS) is 12.9. The van der Waals surface area contributed by atoms with Crippen LogP contribution in [0.2, 0.25) is 0 Å². The third kappa shape index (κ3) is 7.16. The minimum absolute atomic E-state index is 0.0720. The van der Waals surface area contributed by atoms with Gasteiger partial charge in [-0.2, -0.15) is 0 Å². The molecule has 5 N–H and O–H groups in total. The molecule has 10 heteroatoms. The van der Waals surface area contributed by atoms with Crippen LogP contribution in [-0.2, 0) is 30.4 Å². The van der Waals surface area contributed by atoms with Gasteiger partial charge < -0.3 is 25.5 Å². The third-order valence-corrected chi connectivity index (χ3v) is 5.99. The van der Waals surface area contributed by atoms with Crippen LogP contribution in [-0.4, -0.2) is 55.4 Å². The highest BCUT2D eigenvalue weighted by molar-refractivity contribution is 6.12. The standard InChI is InChI=1S/C24H30O10/c1-15(19(25)26)24(22(31)32,23(33)34)18(21(29)30)14-7-3-6-12-17(20(27)28)13-8-11-16-9-4-2-5-10-16/h2,4-5,9-10,17-18H,1,3,6-8,11-14H2,(H,25,26)(H,27,28)(H,29,30)(H,31,32)(H,33,34). The Balaban J connectivity index is 2.72. The molecule has 2 atom stereocenters. The monoisotopic (exact) mass is 478 g/mol. The van der Waals surface area contributed by atoms with Gasteiger partial charge in [-0.05, 0) is 37.7 Å². The van der Waals surface area contributed by atoms with Gasteiger partial charge in [0.2, 0.25) is 5.41 Å². The van der Waals surface area contributed by atoms with Gasteiger partial charge >= 0.3 is 29.8 Å². The minimum Gasteiger partial charge on any atom is -0.481 e. The lowest BCUT2D eigenvalue weighted by Crippen LogP contribution is -2.51. The maximum absolute atomic E-state index is 11.8. The van der Waals surface area contributed by atoms with Crippen LogP contribution in [0.1, 0.15) is 50.5 Å². The van der Waals surface area contributed by atoms with Crippen molar-refractivity contribution in [3.8, 4) is 0 Å². The molecule has 186 valence electrons.